The zero-order chi connectivity index (χ0) is 12.3. The lowest BCUT2D eigenvalue weighted by Crippen LogP contribution is -2.42. The predicted octanol–water partition coefficient (Wildman–Crippen LogP) is 1.94. The number of hydrogen-bond donors (Lipinski definition) is 2. The van der Waals surface area contributed by atoms with Gasteiger partial charge in [0.05, 0.1) is 0 Å². The van der Waals surface area contributed by atoms with E-state index in [2.05, 4.69) is 0 Å². The third-order valence-corrected chi connectivity index (χ3v) is 2.56. The molecule has 0 aliphatic rings. The fourth-order valence-corrected chi connectivity index (χ4v) is 1.75. The summed E-state index contributed by atoms with van der Waals surface area (Å²) in [6, 6.07) is 5.93. The molecule has 1 aromatic rings. The van der Waals surface area contributed by atoms with Crippen molar-refractivity contribution in [2.75, 3.05) is 11.9 Å². The molecule has 0 aliphatic heterocycles. The fourth-order valence-electron chi connectivity index (χ4n) is 1.75. The SMILES string of the molecule is CC(C)C(C(=O)O)N(C)c1ccc(O)cc1. The molecule has 0 saturated carbocycles. The Morgan fingerprint density at radius 1 is 1.25 bits per heavy atom. The number of anilines is 1. The number of phenols is 1. The molecule has 0 heterocycles. The van der Waals surface area contributed by atoms with Crippen LogP contribution in [0.25, 0.3) is 0 Å². The first kappa shape index (κ1) is 12.4. The maximum absolute atomic E-state index is 11.1. The van der Waals surface area contributed by atoms with E-state index in [1.165, 1.54) is 0 Å². The number of carboxylic acids is 1. The Morgan fingerprint density at radius 2 is 1.75 bits per heavy atom. The molecular weight excluding hydrogens is 206 g/mol. The number of carboxylic acid groups (broad SMARTS) is 1. The summed E-state index contributed by atoms with van der Waals surface area (Å²) in [7, 11) is 1.74. The molecule has 0 radical (unpaired) electrons. The molecule has 1 atom stereocenters. The van der Waals surface area contributed by atoms with E-state index in [1.54, 1.807) is 36.2 Å². The number of benzene rings is 1. The van der Waals surface area contributed by atoms with Gasteiger partial charge in [0.1, 0.15) is 11.8 Å². The summed E-state index contributed by atoms with van der Waals surface area (Å²) in [5.74, 6) is -0.657. The number of likely N-dealkylation sites (N-methyl/N-ethyl adjacent to an activating group) is 1. The van der Waals surface area contributed by atoms with Crippen molar-refractivity contribution in [2.45, 2.75) is 19.9 Å². The van der Waals surface area contributed by atoms with Crippen LogP contribution in [0.3, 0.4) is 0 Å². The summed E-state index contributed by atoms with van der Waals surface area (Å²) >= 11 is 0. The van der Waals surface area contributed by atoms with Crippen LogP contribution in [0.4, 0.5) is 5.69 Å². The maximum Gasteiger partial charge on any atom is 0.326 e. The first-order valence-electron chi connectivity index (χ1n) is 5.18. The van der Waals surface area contributed by atoms with Gasteiger partial charge in [0, 0.05) is 12.7 Å². The summed E-state index contributed by atoms with van der Waals surface area (Å²) in [6.45, 7) is 3.74. The van der Waals surface area contributed by atoms with Gasteiger partial charge in [-0.3, -0.25) is 0 Å². The van der Waals surface area contributed by atoms with Crippen molar-refractivity contribution in [1.29, 1.82) is 0 Å². The van der Waals surface area contributed by atoms with Crippen molar-refractivity contribution in [3.8, 4) is 5.75 Å². The maximum atomic E-state index is 11.1. The van der Waals surface area contributed by atoms with Gasteiger partial charge in [0.25, 0.3) is 0 Å². The standard InChI is InChI=1S/C12H17NO3/c1-8(2)11(12(15)16)13(3)9-4-6-10(14)7-5-9/h4-8,11,14H,1-3H3,(H,15,16). The van der Waals surface area contributed by atoms with Crippen LogP contribution in [0.5, 0.6) is 5.75 Å². The van der Waals surface area contributed by atoms with E-state index in [0.29, 0.717) is 0 Å². The third kappa shape index (κ3) is 2.66. The Bertz CT molecular complexity index is 359. The highest BCUT2D eigenvalue weighted by atomic mass is 16.4. The van der Waals surface area contributed by atoms with Crippen LogP contribution in [0, 0.1) is 5.92 Å². The minimum atomic E-state index is -0.842. The Labute approximate surface area is 95.1 Å². The van der Waals surface area contributed by atoms with Crippen LogP contribution < -0.4 is 4.90 Å². The molecule has 0 aliphatic carbocycles. The average Bonchev–Trinajstić information content (AvgIpc) is 2.17. The molecule has 88 valence electrons. The molecule has 16 heavy (non-hydrogen) atoms. The largest absolute Gasteiger partial charge is 0.508 e. The topological polar surface area (TPSA) is 60.8 Å². The summed E-state index contributed by atoms with van der Waals surface area (Å²) in [5, 5.41) is 18.3. The zero-order valence-electron chi connectivity index (χ0n) is 9.71. The van der Waals surface area contributed by atoms with E-state index in [-0.39, 0.29) is 11.7 Å². The molecule has 0 fully saturated rings. The molecule has 4 heteroatoms. The number of phenolic OH excluding ortho intramolecular Hbond substituents is 1. The summed E-state index contributed by atoms with van der Waals surface area (Å²) in [4.78, 5) is 12.8. The third-order valence-electron chi connectivity index (χ3n) is 2.56. The molecule has 4 nitrogen and oxygen atoms in total. The van der Waals surface area contributed by atoms with Gasteiger partial charge in [0.2, 0.25) is 0 Å². The van der Waals surface area contributed by atoms with Crippen molar-refractivity contribution in [1.82, 2.24) is 0 Å². The number of aliphatic carboxylic acids is 1. The van der Waals surface area contributed by atoms with Gasteiger partial charge in [-0.15, -0.1) is 0 Å². The lowest BCUT2D eigenvalue weighted by atomic mass is 10.0. The minimum absolute atomic E-state index is 0.0105. The molecule has 1 rings (SSSR count). The second-order valence-corrected chi connectivity index (χ2v) is 4.15. The van der Waals surface area contributed by atoms with Gasteiger partial charge in [-0.05, 0) is 30.2 Å². The molecule has 1 unspecified atom stereocenters. The smallest absolute Gasteiger partial charge is 0.326 e. The molecule has 0 bridgehead atoms. The zero-order valence-corrected chi connectivity index (χ0v) is 9.71. The molecule has 0 aromatic heterocycles. The molecule has 2 N–H and O–H groups in total. The number of carbonyl (C=O) groups is 1. The normalized spacial score (nSPS) is 12.5. The Hall–Kier alpha value is -1.71. The van der Waals surface area contributed by atoms with E-state index in [0.717, 1.165) is 5.69 Å². The quantitative estimate of drug-likeness (QED) is 0.818. The van der Waals surface area contributed by atoms with Crippen LogP contribution in [0.2, 0.25) is 0 Å². The summed E-state index contributed by atoms with van der Waals surface area (Å²) < 4.78 is 0. The van der Waals surface area contributed by atoms with Gasteiger partial charge in [-0.2, -0.15) is 0 Å². The molecular formula is C12H17NO3. The van der Waals surface area contributed by atoms with Gasteiger partial charge in [-0.25, -0.2) is 4.79 Å². The number of rotatable bonds is 4. The first-order valence-corrected chi connectivity index (χ1v) is 5.18. The highest BCUT2D eigenvalue weighted by molar-refractivity contribution is 5.78. The lowest BCUT2D eigenvalue weighted by Gasteiger charge is -2.29. The Morgan fingerprint density at radius 3 is 2.12 bits per heavy atom. The Kier molecular flexibility index (Phi) is 3.77. The Balaban J connectivity index is 2.94. The van der Waals surface area contributed by atoms with Gasteiger partial charge in [-0.1, -0.05) is 13.8 Å². The average molecular weight is 223 g/mol. The minimum Gasteiger partial charge on any atom is -0.508 e. The van der Waals surface area contributed by atoms with Crippen molar-refractivity contribution < 1.29 is 15.0 Å². The molecule has 0 spiro atoms. The van der Waals surface area contributed by atoms with Crippen molar-refractivity contribution in [3.63, 3.8) is 0 Å². The molecule has 0 saturated heterocycles. The second-order valence-electron chi connectivity index (χ2n) is 4.15. The van der Waals surface area contributed by atoms with E-state index in [9.17, 15) is 4.79 Å². The van der Waals surface area contributed by atoms with Crippen molar-refractivity contribution in [3.05, 3.63) is 24.3 Å². The van der Waals surface area contributed by atoms with Crippen LogP contribution in [0.15, 0.2) is 24.3 Å². The lowest BCUT2D eigenvalue weighted by molar-refractivity contribution is -0.139. The van der Waals surface area contributed by atoms with Crippen LogP contribution in [0.1, 0.15) is 13.8 Å². The number of hydrogen-bond acceptors (Lipinski definition) is 3. The monoisotopic (exact) mass is 223 g/mol. The number of aromatic hydroxyl groups is 1. The van der Waals surface area contributed by atoms with Gasteiger partial charge in [0.15, 0.2) is 0 Å². The second kappa shape index (κ2) is 4.88. The van der Waals surface area contributed by atoms with E-state index < -0.39 is 12.0 Å². The van der Waals surface area contributed by atoms with Gasteiger partial charge >= 0.3 is 5.97 Å². The van der Waals surface area contributed by atoms with Crippen LogP contribution in [-0.4, -0.2) is 29.3 Å². The summed E-state index contributed by atoms with van der Waals surface area (Å²) in [6.07, 6.45) is 0. The summed E-state index contributed by atoms with van der Waals surface area (Å²) in [5.41, 5.74) is 0.777. The van der Waals surface area contributed by atoms with Crippen molar-refractivity contribution >= 4 is 11.7 Å². The van der Waals surface area contributed by atoms with Gasteiger partial charge < -0.3 is 15.1 Å². The fraction of sp³-hybridized carbons (Fsp3) is 0.417. The predicted molar refractivity (Wildman–Crippen MR) is 62.8 cm³/mol. The van der Waals surface area contributed by atoms with Crippen molar-refractivity contribution in [2.24, 2.45) is 5.92 Å². The number of nitrogens with zero attached hydrogens (tertiary/aromatic N) is 1. The van der Waals surface area contributed by atoms with E-state index >= 15 is 0 Å². The van der Waals surface area contributed by atoms with Crippen LogP contribution in [-0.2, 0) is 4.79 Å². The molecule has 0 amide bonds. The van der Waals surface area contributed by atoms with E-state index in [4.69, 9.17) is 10.2 Å². The van der Waals surface area contributed by atoms with E-state index in [1.807, 2.05) is 13.8 Å². The highest BCUT2D eigenvalue weighted by Gasteiger charge is 2.26. The first-order chi connectivity index (χ1) is 7.43. The highest BCUT2D eigenvalue weighted by Crippen LogP contribution is 2.21. The molecule has 1 aromatic carbocycles. The van der Waals surface area contributed by atoms with Crippen LogP contribution >= 0.6 is 0 Å².